The minimum atomic E-state index is -1.48. The molecule has 1 rings (SSSR count). The fraction of sp³-hybridized carbons (Fsp3) is 0.480. The number of nitrogens with zero attached hydrogens (tertiary/aromatic N) is 1. The number of benzene rings is 1. The number of nitrogens with two attached hydrogens (primary N) is 4. The zero-order valence-corrected chi connectivity index (χ0v) is 22.8. The highest BCUT2D eigenvalue weighted by Gasteiger charge is 2.30. The molecule has 17 nitrogen and oxygen atoms in total. The van der Waals surface area contributed by atoms with Crippen LogP contribution in [0, 0.1) is 0 Å². The van der Waals surface area contributed by atoms with Crippen molar-refractivity contribution in [2.24, 2.45) is 27.9 Å². The molecule has 0 radical (unpaired) electrons. The first kappa shape index (κ1) is 35.1. The van der Waals surface area contributed by atoms with E-state index in [0.717, 1.165) is 0 Å². The normalized spacial score (nSPS) is 13.5. The van der Waals surface area contributed by atoms with Crippen LogP contribution in [0.4, 0.5) is 0 Å². The van der Waals surface area contributed by atoms with Gasteiger partial charge >= 0.3 is 11.9 Å². The van der Waals surface area contributed by atoms with Gasteiger partial charge in [-0.1, -0.05) is 12.1 Å². The van der Waals surface area contributed by atoms with Gasteiger partial charge in [-0.2, -0.15) is 0 Å². The summed E-state index contributed by atoms with van der Waals surface area (Å²) in [6.07, 6.45) is -1.17. The number of nitrogens with one attached hydrogen (secondary N) is 3. The number of carboxylic acids is 2. The van der Waals surface area contributed by atoms with Crippen molar-refractivity contribution in [3.63, 3.8) is 0 Å². The molecule has 0 aromatic heterocycles. The second-order valence-corrected chi connectivity index (χ2v) is 9.39. The summed E-state index contributed by atoms with van der Waals surface area (Å²) in [5.74, 6) is -6.15. The van der Waals surface area contributed by atoms with Crippen molar-refractivity contribution in [3.05, 3.63) is 29.8 Å². The van der Waals surface area contributed by atoms with E-state index in [9.17, 15) is 39.0 Å². The first-order valence-corrected chi connectivity index (χ1v) is 12.9. The summed E-state index contributed by atoms with van der Waals surface area (Å²) < 4.78 is 0. The van der Waals surface area contributed by atoms with Crippen LogP contribution in [0.2, 0.25) is 0 Å². The zero-order chi connectivity index (χ0) is 31.8. The molecule has 0 saturated carbocycles. The van der Waals surface area contributed by atoms with Crippen LogP contribution in [-0.4, -0.2) is 87.6 Å². The van der Waals surface area contributed by atoms with E-state index in [0.29, 0.717) is 5.56 Å². The maximum Gasteiger partial charge on any atom is 0.326 e. The lowest BCUT2D eigenvalue weighted by atomic mass is 10.0. The largest absolute Gasteiger partial charge is 0.508 e. The number of hydrogen-bond acceptors (Lipinski definition) is 9. The van der Waals surface area contributed by atoms with E-state index < -0.39 is 59.7 Å². The molecule has 14 N–H and O–H groups in total. The summed E-state index contributed by atoms with van der Waals surface area (Å²) in [7, 11) is 0. The third kappa shape index (κ3) is 13.9. The zero-order valence-electron chi connectivity index (χ0n) is 22.8. The Balaban J connectivity index is 3.19. The van der Waals surface area contributed by atoms with Gasteiger partial charge in [-0.15, -0.1) is 0 Å². The molecule has 232 valence electrons. The SMILES string of the molecule is NC(=O)CCC(NC(=O)C(CCCN=C(N)N)NC(=O)C(Cc1ccc(O)cc1)NC(=O)C(N)CCC(=O)O)C(=O)O. The molecule has 42 heavy (non-hydrogen) atoms. The Kier molecular flexibility index (Phi) is 14.8. The van der Waals surface area contributed by atoms with Gasteiger partial charge in [-0.3, -0.25) is 29.0 Å². The van der Waals surface area contributed by atoms with E-state index >= 15 is 0 Å². The molecule has 1 aromatic rings. The summed E-state index contributed by atoms with van der Waals surface area (Å²) in [6, 6.07) is 0.367. The number of carboxylic acid groups (broad SMARTS) is 2. The van der Waals surface area contributed by atoms with Crippen LogP contribution >= 0.6 is 0 Å². The highest BCUT2D eigenvalue weighted by molar-refractivity contribution is 5.94. The molecule has 17 heteroatoms. The van der Waals surface area contributed by atoms with Crippen molar-refractivity contribution in [2.45, 2.75) is 69.1 Å². The average Bonchev–Trinajstić information content (AvgIpc) is 2.91. The van der Waals surface area contributed by atoms with Gasteiger partial charge in [0.1, 0.15) is 23.9 Å². The number of primary amides is 1. The number of hydrogen-bond donors (Lipinski definition) is 10. The van der Waals surface area contributed by atoms with Crippen molar-refractivity contribution >= 4 is 41.5 Å². The summed E-state index contributed by atoms with van der Waals surface area (Å²) >= 11 is 0. The minimum Gasteiger partial charge on any atom is -0.508 e. The number of rotatable bonds is 19. The van der Waals surface area contributed by atoms with E-state index in [1.807, 2.05) is 0 Å². The van der Waals surface area contributed by atoms with Crippen LogP contribution in [0.15, 0.2) is 29.3 Å². The number of phenols is 1. The Morgan fingerprint density at radius 2 is 1.33 bits per heavy atom. The molecule has 4 unspecified atom stereocenters. The minimum absolute atomic E-state index is 0.0405. The molecule has 0 aliphatic rings. The van der Waals surface area contributed by atoms with Gasteiger partial charge in [0.25, 0.3) is 0 Å². The maximum atomic E-state index is 13.4. The summed E-state index contributed by atoms with van der Waals surface area (Å²) in [5, 5.41) is 35.1. The van der Waals surface area contributed by atoms with Gasteiger partial charge < -0.3 is 54.2 Å². The Bertz CT molecular complexity index is 1140. The molecule has 0 aliphatic carbocycles. The van der Waals surface area contributed by atoms with Crippen molar-refractivity contribution < 1.29 is 44.1 Å². The van der Waals surface area contributed by atoms with Gasteiger partial charge in [0.05, 0.1) is 6.04 Å². The number of aliphatic imine (C=N–C) groups is 1. The highest BCUT2D eigenvalue weighted by Crippen LogP contribution is 2.12. The van der Waals surface area contributed by atoms with E-state index in [-0.39, 0.29) is 63.2 Å². The van der Waals surface area contributed by atoms with Gasteiger partial charge in [-0.25, -0.2) is 4.79 Å². The Morgan fingerprint density at radius 1 is 0.762 bits per heavy atom. The Morgan fingerprint density at radius 3 is 1.88 bits per heavy atom. The van der Waals surface area contributed by atoms with Crippen molar-refractivity contribution in [3.8, 4) is 5.75 Å². The molecule has 0 aliphatic heterocycles. The monoisotopic (exact) mass is 594 g/mol. The van der Waals surface area contributed by atoms with Crippen LogP contribution < -0.4 is 38.9 Å². The second-order valence-electron chi connectivity index (χ2n) is 9.39. The highest BCUT2D eigenvalue weighted by atomic mass is 16.4. The first-order chi connectivity index (χ1) is 19.7. The number of amides is 4. The lowest BCUT2D eigenvalue weighted by Gasteiger charge is -2.25. The molecule has 0 heterocycles. The van der Waals surface area contributed by atoms with Crippen LogP contribution in [0.25, 0.3) is 0 Å². The lowest BCUT2D eigenvalue weighted by Crippen LogP contribution is -2.57. The standard InChI is InChI=1S/C25H38N8O9/c26-15(7-10-20(36)37)21(38)33-18(12-13-3-5-14(34)6-4-13)23(40)31-16(2-1-11-30-25(28)29)22(39)32-17(24(41)42)8-9-19(27)35/h3-6,15-18,34H,1-2,7-12,26H2,(H2,27,35)(H,31,40)(H,32,39)(H,33,38)(H,36,37)(H,41,42)(H4,28,29,30). The fourth-order valence-corrected chi connectivity index (χ4v) is 3.63. The molecule has 0 saturated heterocycles. The number of phenolic OH excluding ortho intramolecular Hbond substituents is 1. The fourth-order valence-electron chi connectivity index (χ4n) is 3.63. The second kappa shape index (κ2) is 17.7. The van der Waals surface area contributed by atoms with Crippen molar-refractivity contribution in [2.75, 3.05) is 6.54 Å². The van der Waals surface area contributed by atoms with Crippen LogP contribution in [0.1, 0.15) is 44.1 Å². The van der Waals surface area contributed by atoms with Crippen LogP contribution in [-0.2, 0) is 35.2 Å². The average molecular weight is 595 g/mol. The first-order valence-electron chi connectivity index (χ1n) is 12.9. The van der Waals surface area contributed by atoms with E-state index in [2.05, 4.69) is 20.9 Å². The summed E-state index contributed by atoms with van der Waals surface area (Å²) in [6.45, 7) is 0.0815. The molecule has 4 atom stereocenters. The molecule has 1 aromatic carbocycles. The lowest BCUT2D eigenvalue weighted by molar-refractivity contribution is -0.142. The quantitative estimate of drug-likeness (QED) is 0.0435. The molecule has 0 fully saturated rings. The third-order valence-corrected chi connectivity index (χ3v) is 5.89. The van der Waals surface area contributed by atoms with Gasteiger partial charge in [0.15, 0.2) is 5.96 Å². The van der Waals surface area contributed by atoms with E-state index in [1.54, 1.807) is 0 Å². The molecule has 0 bridgehead atoms. The maximum absolute atomic E-state index is 13.4. The van der Waals surface area contributed by atoms with Crippen LogP contribution in [0.3, 0.4) is 0 Å². The van der Waals surface area contributed by atoms with Crippen molar-refractivity contribution in [1.29, 1.82) is 0 Å². The smallest absolute Gasteiger partial charge is 0.326 e. The number of carbonyl (C=O) groups is 6. The van der Waals surface area contributed by atoms with E-state index in [1.165, 1.54) is 24.3 Å². The molecular weight excluding hydrogens is 556 g/mol. The number of aromatic hydroxyl groups is 1. The third-order valence-electron chi connectivity index (χ3n) is 5.89. The van der Waals surface area contributed by atoms with Gasteiger partial charge in [0.2, 0.25) is 23.6 Å². The van der Waals surface area contributed by atoms with Crippen LogP contribution in [0.5, 0.6) is 5.75 Å². The summed E-state index contributed by atoms with van der Waals surface area (Å²) in [5.41, 5.74) is 22.0. The van der Waals surface area contributed by atoms with Crippen molar-refractivity contribution in [1.82, 2.24) is 16.0 Å². The topological polar surface area (TPSA) is 316 Å². The Labute approximate surface area is 241 Å². The molecule has 0 spiro atoms. The number of carbonyl (C=O) groups excluding carboxylic acids is 4. The number of guanidine groups is 1. The summed E-state index contributed by atoms with van der Waals surface area (Å²) in [4.78, 5) is 76.6. The predicted octanol–water partition coefficient (Wildman–Crippen LogP) is -3.02. The molecular formula is C25H38N8O9. The van der Waals surface area contributed by atoms with E-state index in [4.69, 9.17) is 28.0 Å². The van der Waals surface area contributed by atoms with Gasteiger partial charge in [0, 0.05) is 25.8 Å². The van der Waals surface area contributed by atoms with Gasteiger partial charge in [-0.05, 0) is 43.4 Å². The molecule has 4 amide bonds. The predicted molar refractivity (Wildman–Crippen MR) is 148 cm³/mol. The number of aliphatic carboxylic acids is 2. The Hall–Kier alpha value is -4.93.